The Morgan fingerprint density at radius 1 is 0.923 bits per heavy atom. The first-order chi connectivity index (χ1) is 12.7. The number of rotatable bonds is 7. The van der Waals surface area contributed by atoms with Crippen LogP contribution in [0.15, 0.2) is 79.0 Å². The van der Waals surface area contributed by atoms with Gasteiger partial charge in [-0.25, -0.2) is 4.39 Å². The Morgan fingerprint density at radius 3 is 2.31 bits per heavy atom. The van der Waals surface area contributed by atoms with Gasteiger partial charge in [0.2, 0.25) is 5.91 Å². The summed E-state index contributed by atoms with van der Waals surface area (Å²) in [6.45, 7) is 0.525. The van der Waals surface area contributed by atoms with E-state index in [1.807, 2.05) is 48.5 Å². The normalized spacial score (nSPS) is 11.7. The maximum atomic E-state index is 13.2. The average molecular weight is 349 g/mol. The maximum absolute atomic E-state index is 13.2. The standard InChI is InChI=1S/C21H20FN3O/c22-18-11-9-17(10-12-18)21(16-6-2-1-3-7-16)25-15-20(26)24-14-19-8-4-5-13-23-19/h1-13,21,25H,14-15H2,(H,24,26)/t21-/m1/s1. The molecule has 0 aliphatic heterocycles. The van der Waals surface area contributed by atoms with E-state index in [1.54, 1.807) is 18.3 Å². The van der Waals surface area contributed by atoms with Crippen LogP contribution in [-0.2, 0) is 11.3 Å². The Labute approximate surface area is 152 Å². The van der Waals surface area contributed by atoms with Gasteiger partial charge in [0.25, 0.3) is 0 Å². The second-order valence-electron chi connectivity index (χ2n) is 5.87. The van der Waals surface area contributed by atoms with Crippen molar-refractivity contribution in [1.82, 2.24) is 15.6 Å². The zero-order valence-electron chi connectivity index (χ0n) is 14.2. The summed E-state index contributed by atoms with van der Waals surface area (Å²) in [5.74, 6) is -0.410. The number of pyridine rings is 1. The molecule has 1 amide bonds. The van der Waals surface area contributed by atoms with Gasteiger partial charge in [-0.1, -0.05) is 48.5 Å². The predicted molar refractivity (Wildman–Crippen MR) is 98.8 cm³/mol. The Balaban J connectivity index is 1.64. The number of halogens is 1. The number of nitrogens with zero attached hydrogens (tertiary/aromatic N) is 1. The van der Waals surface area contributed by atoms with Gasteiger partial charge >= 0.3 is 0 Å². The molecule has 26 heavy (non-hydrogen) atoms. The Bertz CT molecular complexity index is 823. The lowest BCUT2D eigenvalue weighted by Gasteiger charge is -2.19. The zero-order valence-corrected chi connectivity index (χ0v) is 14.2. The van der Waals surface area contributed by atoms with Gasteiger partial charge in [-0.15, -0.1) is 0 Å². The van der Waals surface area contributed by atoms with Gasteiger partial charge in [-0.05, 0) is 35.4 Å². The molecule has 0 unspecified atom stereocenters. The van der Waals surface area contributed by atoms with Gasteiger partial charge in [0.15, 0.2) is 0 Å². The third-order valence-electron chi connectivity index (χ3n) is 4.00. The molecular formula is C21H20FN3O. The van der Waals surface area contributed by atoms with Crippen molar-refractivity contribution in [3.63, 3.8) is 0 Å². The van der Waals surface area contributed by atoms with E-state index in [0.717, 1.165) is 16.8 Å². The quantitative estimate of drug-likeness (QED) is 0.689. The molecule has 1 aromatic heterocycles. The number of hydrogen-bond donors (Lipinski definition) is 2. The van der Waals surface area contributed by atoms with E-state index in [1.165, 1.54) is 12.1 Å². The van der Waals surface area contributed by atoms with Crippen LogP contribution in [0.2, 0.25) is 0 Å². The molecule has 0 saturated carbocycles. The fraction of sp³-hybridized carbons (Fsp3) is 0.143. The van der Waals surface area contributed by atoms with Gasteiger partial charge in [0, 0.05) is 6.20 Å². The summed E-state index contributed by atoms with van der Waals surface area (Å²) >= 11 is 0. The molecule has 0 saturated heterocycles. The molecule has 0 radical (unpaired) electrons. The second kappa shape index (κ2) is 8.87. The van der Waals surface area contributed by atoms with E-state index in [0.29, 0.717) is 6.54 Å². The van der Waals surface area contributed by atoms with Crippen molar-refractivity contribution in [1.29, 1.82) is 0 Å². The van der Waals surface area contributed by atoms with Crippen LogP contribution in [0.25, 0.3) is 0 Å². The number of carbonyl (C=O) groups is 1. The van der Waals surface area contributed by atoms with E-state index in [4.69, 9.17) is 0 Å². The molecule has 1 heterocycles. The fourth-order valence-corrected chi connectivity index (χ4v) is 2.68. The number of hydrogen-bond acceptors (Lipinski definition) is 3. The van der Waals surface area contributed by atoms with Crippen LogP contribution in [0, 0.1) is 5.82 Å². The molecule has 2 N–H and O–H groups in total. The maximum Gasteiger partial charge on any atom is 0.234 e. The van der Waals surface area contributed by atoms with Crippen molar-refractivity contribution < 1.29 is 9.18 Å². The number of nitrogens with one attached hydrogen (secondary N) is 2. The van der Waals surface area contributed by atoms with Crippen molar-refractivity contribution in [3.05, 3.63) is 102 Å². The minimum Gasteiger partial charge on any atom is -0.349 e. The minimum absolute atomic E-state index is 0.126. The summed E-state index contributed by atoms with van der Waals surface area (Å²) in [5.41, 5.74) is 2.71. The Hall–Kier alpha value is -3.05. The van der Waals surface area contributed by atoms with Crippen molar-refractivity contribution in [3.8, 4) is 0 Å². The van der Waals surface area contributed by atoms with Crippen LogP contribution >= 0.6 is 0 Å². The molecular weight excluding hydrogens is 329 g/mol. The monoisotopic (exact) mass is 349 g/mol. The Kier molecular flexibility index (Phi) is 6.06. The van der Waals surface area contributed by atoms with Crippen LogP contribution in [0.1, 0.15) is 22.9 Å². The van der Waals surface area contributed by atoms with E-state index in [-0.39, 0.29) is 24.3 Å². The second-order valence-corrected chi connectivity index (χ2v) is 5.87. The number of amides is 1. The Morgan fingerprint density at radius 2 is 1.62 bits per heavy atom. The first-order valence-corrected chi connectivity index (χ1v) is 8.43. The number of carbonyl (C=O) groups excluding carboxylic acids is 1. The lowest BCUT2D eigenvalue weighted by molar-refractivity contribution is -0.120. The van der Waals surface area contributed by atoms with Crippen LogP contribution in [0.4, 0.5) is 4.39 Å². The highest BCUT2D eigenvalue weighted by Crippen LogP contribution is 2.22. The van der Waals surface area contributed by atoms with E-state index in [9.17, 15) is 9.18 Å². The van der Waals surface area contributed by atoms with Crippen molar-refractivity contribution in [2.75, 3.05) is 6.54 Å². The van der Waals surface area contributed by atoms with Crippen LogP contribution in [0.5, 0.6) is 0 Å². The molecule has 0 fully saturated rings. The molecule has 5 heteroatoms. The molecule has 0 aliphatic rings. The highest BCUT2D eigenvalue weighted by molar-refractivity contribution is 5.78. The average Bonchev–Trinajstić information content (AvgIpc) is 2.69. The molecule has 0 spiro atoms. The summed E-state index contributed by atoms with van der Waals surface area (Å²) in [6.07, 6.45) is 1.69. The summed E-state index contributed by atoms with van der Waals surface area (Å²) in [6, 6.07) is 21.5. The van der Waals surface area contributed by atoms with Crippen LogP contribution < -0.4 is 10.6 Å². The van der Waals surface area contributed by atoms with E-state index < -0.39 is 0 Å². The highest BCUT2D eigenvalue weighted by Gasteiger charge is 2.15. The van der Waals surface area contributed by atoms with Gasteiger partial charge in [-0.2, -0.15) is 0 Å². The van der Waals surface area contributed by atoms with Crippen LogP contribution in [0.3, 0.4) is 0 Å². The molecule has 4 nitrogen and oxygen atoms in total. The predicted octanol–water partition coefficient (Wildman–Crippen LogP) is 3.22. The molecule has 132 valence electrons. The first kappa shape index (κ1) is 17.8. The molecule has 3 aromatic rings. The third-order valence-corrected chi connectivity index (χ3v) is 4.00. The third kappa shape index (κ3) is 4.97. The largest absolute Gasteiger partial charge is 0.349 e. The van der Waals surface area contributed by atoms with E-state index in [2.05, 4.69) is 15.6 Å². The smallest absolute Gasteiger partial charge is 0.234 e. The molecule has 0 bridgehead atoms. The van der Waals surface area contributed by atoms with Crippen LogP contribution in [-0.4, -0.2) is 17.4 Å². The van der Waals surface area contributed by atoms with Gasteiger partial charge in [0.1, 0.15) is 5.82 Å². The first-order valence-electron chi connectivity index (χ1n) is 8.43. The topological polar surface area (TPSA) is 54.0 Å². The minimum atomic E-state index is -0.284. The summed E-state index contributed by atoms with van der Waals surface area (Å²) in [7, 11) is 0. The van der Waals surface area contributed by atoms with E-state index >= 15 is 0 Å². The molecule has 0 aliphatic carbocycles. The van der Waals surface area contributed by atoms with Gasteiger partial charge in [0.05, 0.1) is 24.8 Å². The van der Waals surface area contributed by atoms with Crippen molar-refractivity contribution in [2.45, 2.75) is 12.6 Å². The highest BCUT2D eigenvalue weighted by atomic mass is 19.1. The van der Waals surface area contributed by atoms with Gasteiger partial charge < -0.3 is 5.32 Å². The zero-order chi connectivity index (χ0) is 18.2. The molecule has 3 rings (SSSR count). The summed E-state index contributed by atoms with van der Waals surface area (Å²) < 4.78 is 13.2. The molecule has 2 aromatic carbocycles. The number of benzene rings is 2. The lowest BCUT2D eigenvalue weighted by atomic mass is 9.98. The fourth-order valence-electron chi connectivity index (χ4n) is 2.68. The van der Waals surface area contributed by atoms with Crippen molar-refractivity contribution in [2.24, 2.45) is 0 Å². The SMILES string of the molecule is O=C(CN[C@H](c1ccccc1)c1ccc(F)cc1)NCc1ccccn1. The lowest BCUT2D eigenvalue weighted by Crippen LogP contribution is -2.36. The van der Waals surface area contributed by atoms with Gasteiger partial charge in [-0.3, -0.25) is 15.1 Å². The van der Waals surface area contributed by atoms with Crippen molar-refractivity contribution >= 4 is 5.91 Å². The summed E-state index contributed by atoms with van der Waals surface area (Å²) in [5, 5.41) is 6.10. The number of aromatic nitrogens is 1. The summed E-state index contributed by atoms with van der Waals surface area (Å²) in [4.78, 5) is 16.4. The molecule has 1 atom stereocenters.